The smallest absolute Gasteiger partial charge is 0.226 e. The molecule has 0 aliphatic heterocycles. The van der Waals surface area contributed by atoms with Gasteiger partial charge in [0.25, 0.3) is 0 Å². The van der Waals surface area contributed by atoms with Crippen LogP contribution in [0.15, 0.2) is 91.0 Å². The van der Waals surface area contributed by atoms with Crippen molar-refractivity contribution in [2.24, 2.45) is 5.92 Å². The third kappa shape index (κ3) is 5.55. The molecule has 0 spiro atoms. The van der Waals surface area contributed by atoms with Crippen molar-refractivity contribution in [1.82, 2.24) is 4.90 Å². The summed E-state index contributed by atoms with van der Waals surface area (Å²) in [6.45, 7) is 4.37. The summed E-state index contributed by atoms with van der Waals surface area (Å²) in [5.41, 5.74) is 3.02. The minimum Gasteiger partial charge on any atom is -0.386 e. The molecule has 150 valence electrons. The number of carbonyl (C=O) groups excluding carboxylic acids is 1. The van der Waals surface area contributed by atoms with Gasteiger partial charge in [0.05, 0.1) is 12.1 Å². The number of aliphatic hydroxyl groups is 1. The third-order valence-electron chi connectivity index (χ3n) is 5.37. The van der Waals surface area contributed by atoms with E-state index in [0.29, 0.717) is 13.0 Å². The fourth-order valence-corrected chi connectivity index (χ4v) is 3.64. The molecule has 0 aromatic heterocycles. The molecule has 0 radical (unpaired) electrons. The second-order valence-corrected chi connectivity index (χ2v) is 7.64. The molecule has 0 saturated carbocycles. The summed E-state index contributed by atoms with van der Waals surface area (Å²) in [4.78, 5) is 15.3. The van der Waals surface area contributed by atoms with Crippen LogP contribution in [0.4, 0.5) is 0 Å². The molecule has 0 aliphatic carbocycles. The molecule has 0 heterocycles. The molecule has 3 rings (SSSR count). The summed E-state index contributed by atoms with van der Waals surface area (Å²) in [6.07, 6.45) is -0.0631. The molecule has 3 heteroatoms. The highest BCUT2D eigenvalue weighted by Gasteiger charge is 2.30. The van der Waals surface area contributed by atoms with Gasteiger partial charge in [-0.3, -0.25) is 4.79 Å². The van der Waals surface area contributed by atoms with Crippen molar-refractivity contribution < 1.29 is 9.90 Å². The number of amides is 1. The Bertz CT molecular complexity index is 880. The Hall–Kier alpha value is -2.91. The molecule has 3 nitrogen and oxygen atoms in total. The Morgan fingerprint density at radius 3 is 1.83 bits per heavy atom. The molecule has 0 aliphatic rings. The van der Waals surface area contributed by atoms with Crippen LogP contribution in [-0.2, 0) is 17.8 Å². The first-order valence-electron chi connectivity index (χ1n) is 10.2. The van der Waals surface area contributed by atoms with Crippen LogP contribution in [0.2, 0.25) is 0 Å². The van der Waals surface area contributed by atoms with Crippen LogP contribution < -0.4 is 0 Å². The van der Waals surface area contributed by atoms with E-state index in [4.69, 9.17) is 0 Å². The van der Waals surface area contributed by atoms with Crippen LogP contribution in [0.25, 0.3) is 0 Å². The lowest BCUT2D eigenvalue weighted by atomic mass is 9.96. The van der Waals surface area contributed by atoms with E-state index in [2.05, 4.69) is 0 Å². The van der Waals surface area contributed by atoms with Gasteiger partial charge in [0.15, 0.2) is 0 Å². The Labute approximate surface area is 173 Å². The molecule has 1 amide bonds. The maximum atomic E-state index is 13.4. The zero-order valence-corrected chi connectivity index (χ0v) is 17.1. The summed E-state index contributed by atoms with van der Waals surface area (Å²) in [7, 11) is 0. The van der Waals surface area contributed by atoms with Gasteiger partial charge in [0, 0.05) is 12.5 Å². The first-order valence-corrected chi connectivity index (χ1v) is 10.2. The highest BCUT2D eigenvalue weighted by Crippen LogP contribution is 2.25. The summed E-state index contributed by atoms with van der Waals surface area (Å²) < 4.78 is 0. The van der Waals surface area contributed by atoms with Crippen molar-refractivity contribution >= 4 is 5.91 Å². The Balaban J connectivity index is 1.82. The topological polar surface area (TPSA) is 40.5 Å². The van der Waals surface area contributed by atoms with Gasteiger partial charge in [-0.1, -0.05) is 97.9 Å². The molecule has 0 fully saturated rings. The van der Waals surface area contributed by atoms with Gasteiger partial charge < -0.3 is 10.0 Å². The predicted octanol–water partition coefficient (Wildman–Crippen LogP) is 5.02. The summed E-state index contributed by atoms with van der Waals surface area (Å²) >= 11 is 0. The Kier molecular flexibility index (Phi) is 7.20. The zero-order chi connectivity index (χ0) is 20.6. The lowest BCUT2D eigenvalue weighted by molar-refractivity contribution is -0.140. The standard InChI is InChI=1S/C26H29NO2/c1-20(18-22-12-6-3-7-13-22)26(29)27(19-23-14-8-4-9-15-23)21(2)25(28)24-16-10-5-11-17-24/h3-17,20-21,25,28H,18-19H2,1-2H3/t20-,21+,25-/m0/s1. The highest BCUT2D eigenvalue weighted by atomic mass is 16.3. The maximum absolute atomic E-state index is 13.4. The SMILES string of the molecule is C[C@H]([C@H](O)c1ccccc1)N(Cc1ccccc1)C(=O)[C@@H](C)Cc1ccccc1. The van der Waals surface area contributed by atoms with E-state index in [1.807, 2.05) is 110 Å². The van der Waals surface area contributed by atoms with Crippen molar-refractivity contribution in [3.05, 3.63) is 108 Å². The van der Waals surface area contributed by atoms with E-state index in [1.54, 1.807) is 0 Å². The molecule has 29 heavy (non-hydrogen) atoms. The van der Waals surface area contributed by atoms with Gasteiger partial charge in [-0.25, -0.2) is 0 Å². The molecule has 0 bridgehead atoms. The summed E-state index contributed by atoms with van der Waals surface area (Å²) in [5, 5.41) is 11.0. The lowest BCUT2D eigenvalue weighted by Gasteiger charge is -2.34. The quantitative estimate of drug-likeness (QED) is 0.590. The van der Waals surface area contributed by atoms with Gasteiger partial charge in [-0.05, 0) is 30.0 Å². The molecular weight excluding hydrogens is 358 g/mol. The molecule has 0 unspecified atom stereocenters. The lowest BCUT2D eigenvalue weighted by Crippen LogP contribution is -2.44. The summed E-state index contributed by atoms with van der Waals surface area (Å²) in [5.74, 6) is -0.119. The minimum absolute atomic E-state index is 0.0557. The predicted molar refractivity (Wildman–Crippen MR) is 117 cm³/mol. The van der Waals surface area contributed by atoms with Gasteiger partial charge in [-0.15, -0.1) is 0 Å². The minimum atomic E-state index is -0.743. The van der Waals surface area contributed by atoms with Crippen LogP contribution in [0.1, 0.15) is 36.6 Å². The monoisotopic (exact) mass is 387 g/mol. The highest BCUT2D eigenvalue weighted by molar-refractivity contribution is 5.79. The van der Waals surface area contributed by atoms with Gasteiger partial charge in [-0.2, -0.15) is 0 Å². The van der Waals surface area contributed by atoms with Crippen LogP contribution in [0, 0.1) is 5.92 Å². The van der Waals surface area contributed by atoms with E-state index in [1.165, 1.54) is 0 Å². The van der Waals surface area contributed by atoms with E-state index >= 15 is 0 Å². The Morgan fingerprint density at radius 2 is 1.28 bits per heavy atom. The first-order chi connectivity index (χ1) is 14.1. The molecule has 3 aromatic rings. The second kappa shape index (κ2) is 10.0. The average molecular weight is 388 g/mol. The number of hydrogen-bond donors (Lipinski definition) is 1. The largest absolute Gasteiger partial charge is 0.386 e. The van der Waals surface area contributed by atoms with Gasteiger partial charge in [0.2, 0.25) is 5.91 Å². The van der Waals surface area contributed by atoms with Crippen molar-refractivity contribution in [1.29, 1.82) is 0 Å². The summed E-state index contributed by atoms with van der Waals surface area (Å²) in [6, 6.07) is 29.2. The zero-order valence-electron chi connectivity index (χ0n) is 17.1. The average Bonchev–Trinajstić information content (AvgIpc) is 2.78. The van der Waals surface area contributed by atoms with Crippen LogP contribution in [-0.4, -0.2) is 22.0 Å². The molecular formula is C26H29NO2. The molecule has 3 atom stereocenters. The van der Waals surface area contributed by atoms with Crippen molar-refractivity contribution in [2.45, 2.75) is 39.0 Å². The van der Waals surface area contributed by atoms with E-state index < -0.39 is 6.10 Å². The van der Waals surface area contributed by atoms with E-state index in [0.717, 1.165) is 16.7 Å². The number of aliphatic hydroxyl groups excluding tert-OH is 1. The van der Waals surface area contributed by atoms with Gasteiger partial charge >= 0.3 is 0 Å². The fourth-order valence-electron chi connectivity index (χ4n) is 3.64. The van der Waals surface area contributed by atoms with Crippen molar-refractivity contribution in [3.63, 3.8) is 0 Å². The molecule has 0 saturated heterocycles. The van der Waals surface area contributed by atoms with Crippen molar-refractivity contribution in [2.75, 3.05) is 0 Å². The number of rotatable bonds is 8. The number of benzene rings is 3. The number of carbonyl (C=O) groups is 1. The molecule has 3 aromatic carbocycles. The third-order valence-corrected chi connectivity index (χ3v) is 5.37. The van der Waals surface area contributed by atoms with E-state index in [-0.39, 0.29) is 17.9 Å². The Morgan fingerprint density at radius 1 is 0.793 bits per heavy atom. The number of hydrogen-bond acceptors (Lipinski definition) is 2. The normalized spacial score (nSPS) is 14.0. The van der Waals surface area contributed by atoms with Crippen LogP contribution in [0.5, 0.6) is 0 Å². The van der Waals surface area contributed by atoms with Crippen molar-refractivity contribution in [3.8, 4) is 0 Å². The fraction of sp³-hybridized carbons (Fsp3) is 0.269. The maximum Gasteiger partial charge on any atom is 0.226 e. The van der Waals surface area contributed by atoms with E-state index in [9.17, 15) is 9.90 Å². The molecule has 1 N–H and O–H groups in total. The van der Waals surface area contributed by atoms with Gasteiger partial charge in [0.1, 0.15) is 0 Å². The second-order valence-electron chi connectivity index (χ2n) is 7.64. The van der Waals surface area contributed by atoms with Crippen LogP contribution >= 0.6 is 0 Å². The number of nitrogens with zero attached hydrogens (tertiary/aromatic N) is 1. The van der Waals surface area contributed by atoms with Crippen LogP contribution in [0.3, 0.4) is 0 Å². The first kappa shape index (κ1) is 20.8.